The summed E-state index contributed by atoms with van der Waals surface area (Å²) < 4.78 is 0. The quantitative estimate of drug-likeness (QED) is 0.830. The molecule has 4 heteroatoms. The van der Waals surface area contributed by atoms with Crippen LogP contribution in [0.4, 0.5) is 0 Å². The van der Waals surface area contributed by atoms with Crippen LogP contribution in [0.15, 0.2) is 54.6 Å². The monoisotopic (exact) mass is 376 g/mol. The number of benzene rings is 2. The van der Waals surface area contributed by atoms with Crippen LogP contribution in [0.5, 0.6) is 0 Å². The fourth-order valence-electron chi connectivity index (χ4n) is 4.59. The SMILES string of the molecule is O=C1CCCN1Cc1ccc(CNC(=O)C2(c3ccccc3)CCCC2)cc1. The fraction of sp³-hybridized carbons (Fsp3) is 0.417. The Labute approximate surface area is 166 Å². The molecule has 146 valence electrons. The lowest BCUT2D eigenvalue weighted by molar-refractivity contribution is -0.128. The third kappa shape index (κ3) is 3.82. The average Bonchev–Trinajstić information content (AvgIpc) is 3.38. The van der Waals surface area contributed by atoms with Crippen molar-refractivity contribution in [2.75, 3.05) is 6.54 Å². The van der Waals surface area contributed by atoms with Gasteiger partial charge in [-0.05, 0) is 36.0 Å². The Kier molecular flexibility index (Phi) is 5.47. The number of carbonyl (C=O) groups excluding carboxylic acids is 2. The number of hydrogen-bond donors (Lipinski definition) is 1. The highest BCUT2D eigenvalue weighted by Crippen LogP contribution is 2.41. The molecular formula is C24H28N2O2. The fourth-order valence-corrected chi connectivity index (χ4v) is 4.59. The minimum absolute atomic E-state index is 0.142. The van der Waals surface area contributed by atoms with Crippen LogP contribution < -0.4 is 5.32 Å². The van der Waals surface area contributed by atoms with Crippen LogP contribution in [-0.4, -0.2) is 23.3 Å². The Bertz CT molecular complexity index is 823. The van der Waals surface area contributed by atoms with Crippen molar-refractivity contribution in [3.8, 4) is 0 Å². The second kappa shape index (κ2) is 8.17. The van der Waals surface area contributed by atoms with Gasteiger partial charge in [0.1, 0.15) is 0 Å². The lowest BCUT2D eigenvalue weighted by Gasteiger charge is -2.28. The first-order valence-corrected chi connectivity index (χ1v) is 10.4. The van der Waals surface area contributed by atoms with Crippen LogP contribution in [-0.2, 0) is 28.1 Å². The van der Waals surface area contributed by atoms with Crippen molar-refractivity contribution in [1.82, 2.24) is 10.2 Å². The van der Waals surface area contributed by atoms with Crippen molar-refractivity contribution in [2.45, 2.75) is 57.0 Å². The third-order valence-corrected chi connectivity index (χ3v) is 6.24. The Morgan fingerprint density at radius 1 is 0.929 bits per heavy atom. The maximum Gasteiger partial charge on any atom is 0.230 e. The van der Waals surface area contributed by atoms with E-state index < -0.39 is 0 Å². The van der Waals surface area contributed by atoms with Crippen molar-refractivity contribution in [1.29, 1.82) is 0 Å². The van der Waals surface area contributed by atoms with E-state index in [1.165, 1.54) is 0 Å². The van der Waals surface area contributed by atoms with Gasteiger partial charge in [-0.3, -0.25) is 9.59 Å². The second-order valence-electron chi connectivity index (χ2n) is 8.07. The van der Waals surface area contributed by atoms with Crippen LogP contribution in [0.25, 0.3) is 0 Å². The van der Waals surface area contributed by atoms with E-state index in [-0.39, 0.29) is 17.2 Å². The Hall–Kier alpha value is -2.62. The summed E-state index contributed by atoms with van der Waals surface area (Å²) in [5.74, 6) is 0.391. The van der Waals surface area contributed by atoms with E-state index >= 15 is 0 Å². The molecule has 1 aliphatic heterocycles. The molecule has 1 saturated heterocycles. The summed E-state index contributed by atoms with van der Waals surface area (Å²) in [5, 5.41) is 3.18. The van der Waals surface area contributed by atoms with Crippen molar-refractivity contribution in [3.63, 3.8) is 0 Å². The highest BCUT2D eigenvalue weighted by Gasteiger charge is 2.42. The molecule has 1 saturated carbocycles. The molecule has 4 nitrogen and oxygen atoms in total. The summed E-state index contributed by atoms with van der Waals surface area (Å²) in [6, 6.07) is 18.4. The average molecular weight is 377 g/mol. The molecule has 2 aromatic rings. The Morgan fingerprint density at radius 3 is 2.25 bits per heavy atom. The summed E-state index contributed by atoms with van der Waals surface area (Å²) in [6.07, 6.45) is 5.69. The zero-order chi connectivity index (χ0) is 19.4. The summed E-state index contributed by atoms with van der Waals surface area (Å²) in [4.78, 5) is 26.8. The van der Waals surface area contributed by atoms with Crippen molar-refractivity contribution in [2.24, 2.45) is 0 Å². The van der Waals surface area contributed by atoms with E-state index in [1.807, 2.05) is 23.1 Å². The smallest absolute Gasteiger partial charge is 0.230 e. The predicted molar refractivity (Wildman–Crippen MR) is 110 cm³/mol. The van der Waals surface area contributed by atoms with Crippen molar-refractivity contribution < 1.29 is 9.59 Å². The summed E-state index contributed by atoms with van der Waals surface area (Å²) >= 11 is 0. The zero-order valence-electron chi connectivity index (χ0n) is 16.3. The topological polar surface area (TPSA) is 49.4 Å². The van der Waals surface area contributed by atoms with Gasteiger partial charge in [-0.15, -0.1) is 0 Å². The molecule has 1 N–H and O–H groups in total. The second-order valence-corrected chi connectivity index (χ2v) is 8.07. The first kappa shape index (κ1) is 18.7. The molecule has 0 aromatic heterocycles. The molecule has 0 unspecified atom stereocenters. The van der Waals surface area contributed by atoms with Gasteiger partial charge in [0.05, 0.1) is 5.41 Å². The van der Waals surface area contributed by atoms with Gasteiger partial charge in [-0.2, -0.15) is 0 Å². The largest absolute Gasteiger partial charge is 0.351 e. The normalized spacial score (nSPS) is 18.4. The molecule has 2 aromatic carbocycles. The molecule has 2 aliphatic rings. The van der Waals surface area contributed by atoms with Gasteiger partial charge in [0.25, 0.3) is 0 Å². The Morgan fingerprint density at radius 2 is 1.61 bits per heavy atom. The van der Waals surface area contributed by atoms with Crippen LogP contribution in [0, 0.1) is 0 Å². The third-order valence-electron chi connectivity index (χ3n) is 6.24. The summed E-state index contributed by atoms with van der Waals surface area (Å²) in [5.41, 5.74) is 2.99. The predicted octanol–water partition coefficient (Wildman–Crippen LogP) is 3.94. The minimum atomic E-state index is -0.378. The van der Waals surface area contributed by atoms with Crippen molar-refractivity contribution in [3.05, 3.63) is 71.3 Å². The number of rotatable bonds is 6. The number of amides is 2. The number of carbonyl (C=O) groups is 2. The first-order valence-electron chi connectivity index (χ1n) is 10.4. The highest BCUT2D eigenvalue weighted by atomic mass is 16.2. The number of nitrogens with zero attached hydrogens (tertiary/aromatic N) is 1. The van der Waals surface area contributed by atoms with Gasteiger partial charge >= 0.3 is 0 Å². The standard InChI is InChI=1S/C24H28N2O2/c27-22-9-6-16-26(22)18-20-12-10-19(11-13-20)17-25-23(28)24(14-4-5-15-24)21-7-2-1-3-8-21/h1-3,7-8,10-13H,4-6,9,14-18H2,(H,25,28). The molecule has 28 heavy (non-hydrogen) atoms. The van der Waals surface area contributed by atoms with E-state index in [4.69, 9.17) is 0 Å². The van der Waals surface area contributed by atoms with Crippen molar-refractivity contribution >= 4 is 11.8 Å². The van der Waals surface area contributed by atoms with Crippen LogP contribution in [0.3, 0.4) is 0 Å². The molecule has 0 radical (unpaired) electrons. The highest BCUT2D eigenvalue weighted by molar-refractivity contribution is 5.88. The van der Waals surface area contributed by atoms with Gasteiger partial charge in [0, 0.05) is 26.1 Å². The molecule has 2 amide bonds. The van der Waals surface area contributed by atoms with E-state index in [0.717, 1.165) is 55.3 Å². The molecule has 1 aliphatic carbocycles. The van der Waals surface area contributed by atoms with Crippen LogP contribution >= 0.6 is 0 Å². The number of likely N-dealkylation sites (tertiary alicyclic amines) is 1. The van der Waals surface area contributed by atoms with Gasteiger partial charge in [-0.1, -0.05) is 67.4 Å². The molecule has 0 bridgehead atoms. The molecule has 2 fully saturated rings. The van der Waals surface area contributed by atoms with E-state index in [9.17, 15) is 9.59 Å². The van der Waals surface area contributed by atoms with E-state index in [2.05, 4.69) is 41.7 Å². The maximum absolute atomic E-state index is 13.1. The molecule has 0 spiro atoms. The molecule has 4 rings (SSSR count). The van der Waals surface area contributed by atoms with Gasteiger partial charge in [0.15, 0.2) is 0 Å². The molecule has 0 atom stereocenters. The molecular weight excluding hydrogens is 348 g/mol. The van der Waals surface area contributed by atoms with Gasteiger partial charge < -0.3 is 10.2 Å². The lowest BCUT2D eigenvalue weighted by Crippen LogP contribution is -2.42. The van der Waals surface area contributed by atoms with Crippen LogP contribution in [0.1, 0.15) is 55.2 Å². The number of nitrogens with one attached hydrogen (secondary N) is 1. The minimum Gasteiger partial charge on any atom is -0.351 e. The maximum atomic E-state index is 13.1. The summed E-state index contributed by atoms with van der Waals surface area (Å²) in [6.45, 7) is 2.08. The van der Waals surface area contributed by atoms with E-state index in [1.54, 1.807) is 0 Å². The van der Waals surface area contributed by atoms with Gasteiger partial charge in [0.2, 0.25) is 11.8 Å². The lowest BCUT2D eigenvalue weighted by atomic mass is 9.78. The molecule has 1 heterocycles. The Balaban J connectivity index is 1.38. The summed E-state index contributed by atoms with van der Waals surface area (Å²) in [7, 11) is 0. The zero-order valence-corrected chi connectivity index (χ0v) is 16.3. The van der Waals surface area contributed by atoms with E-state index in [0.29, 0.717) is 19.5 Å². The van der Waals surface area contributed by atoms with Gasteiger partial charge in [-0.25, -0.2) is 0 Å². The number of hydrogen-bond acceptors (Lipinski definition) is 2. The van der Waals surface area contributed by atoms with Crippen LogP contribution in [0.2, 0.25) is 0 Å². The first-order chi connectivity index (χ1) is 13.7.